The molecule has 2 atom stereocenters. The molecule has 14 heavy (non-hydrogen) atoms. The summed E-state index contributed by atoms with van der Waals surface area (Å²) in [5, 5.41) is 0. The van der Waals surface area contributed by atoms with Crippen LogP contribution in [0.5, 0.6) is 0 Å². The molecular formula is C11H18O3. The zero-order chi connectivity index (χ0) is 10.6. The normalized spacial score (nSPS) is 27.0. The Labute approximate surface area is 84.8 Å². The molecule has 0 saturated heterocycles. The summed E-state index contributed by atoms with van der Waals surface area (Å²) < 4.78 is 5.21. The first-order valence-electron chi connectivity index (χ1n) is 5.27. The fraction of sp³-hybridized carbons (Fsp3) is 0.818. The molecule has 0 spiro atoms. The molecule has 80 valence electrons. The first-order valence-corrected chi connectivity index (χ1v) is 5.27. The van der Waals surface area contributed by atoms with Crippen LogP contribution in [-0.4, -0.2) is 17.9 Å². The molecule has 0 aromatic carbocycles. The molecule has 0 aliphatic heterocycles. The number of esters is 1. The van der Waals surface area contributed by atoms with E-state index < -0.39 is 0 Å². The third-order valence-electron chi connectivity index (χ3n) is 2.58. The Bertz CT molecular complexity index is 223. The lowest BCUT2D eigenvalue weighted by Crippen LogP contribution is -2.25. The average Bonchev–Trinajstić information content (AvgIpc) is 2.01. The van der Waals surface area contributed by atoms with Gasteiger partial charge in [0.15, 0.2) is 0 Å². The fourth-order valence-corrected chi connectivity index (χ4v) is 1.92. The van der Waals surface area contributed by atoms with Gasteiger partial charge < -0.3 is 4.74 Å². The Morgan fingerprint density at radius 1 is 1.36 bits per heavy atom. The second-order valence-electron chi connectivity index (χ2n) is 4.26. The molecule has 1 aliphatic rings. The highest BCUT2D eigenvalue weighted by Gasteiger charge is 2.22. The second kappa shape index (κ2) is 5.13. The Balaban J connectivity index is 2.28. The molecule has 0 amide bonds. The lowest BCUT2D eigenvalue weighted by molar-refractivity contribution is -0.152. The third-order valence-corrected chi connectivity index (χ3v) is 2.58. The number of carbonyl (C=O) groups excluding carboxylic acids is 2. The summed E-state index contributed by atoms with van der Waals surface area (Å²) in [6.07, 6.45) is 4.22. The summed E-state index contributed by atoms with van der Waals surface area (Å²) in [6.45, 7) is 3.58. The van der Waals surface area contributed by atoms with E-state index in [9.17, 15) is 9.59 Å². The average molecular weight is 198 g/mol. The molecule has 2 unspecified atom stereocenters. The van der Waals surface area contributed by atoms with Crippen LogP contribution in [0.25, 0.3) is 0 Å². The van der Waals surface area contributed by atoms with E-state index in [-0.39, 0.29) is 24.3 Å². The molecular weight excluding hydrogens is 180 g/mol. The molecule has 0 N–H and O–H groups in total. The Kier molecular flexibility index (Phi) is 4.11. The highest BCUT2D eigenvalue weighted by atomic mass is 16.5. The van der Waals surface area contributed by atoms with Crippen LogP contribution in [-0.2, 0) is 14.3 Å². The van der Waals surface area contributed by atoms with Gasteiger partial charge in [-0.3, -0.25) is 9.59 Å². The van der Waals surface area contributed by atoms with Crippen molar-refractivity contribution < 1.29 is 14.3 Å². The van der Waals surface area contributed by atoms with E-state index in [1.54, 1.807) is 0 Å². The molecule has 0 aromatic rings. The summed E-state index contributed by atoms with van der Waals surface area (Å²) >= 11 is 0. The largest absolute Gasteiger partial charge is 0.462 e. The van der Waals surface area contributed by atoms with Gasteiger partial charge in [-0.1, -0.05) is 13.3 Å². The number of hydrogen-bond acceptors (Lipinski definition) is 3. The maximum absolute atomic E-state index is 11.2. The van der Waals surface area contributed by atoms with E-state index in [1.807, 2.05) is 0 Å². The van der Waals surface area contributed by atoms with Gasteiger partial charge in [0.2, 0.25) is 0 Å². The molecule has 0 aromatic heterocycles. The first kappa shape index (κ1) is 11.2. The zero-order valence-corrected chi connectivity index (χ0v) is 8.91. The summed E-state index contributed by atoms with van der Waals surface area (Å²) in [5.74, 6) is 0.148. The maximum atomic E-state index is 11.2. The molecule has 0 radical (unpaired) electrons. The molecule has 1 rings (SSSR count). The highest BCUT2D eigenvalue weighted by Crippen LogP contribution is 2.25. The number of carbonyl (C=O) groups is 2. The van der Waals surface area contributed by atoms with Gasteiger partial charge in [0.05, 0.1) is 0 Å². The highest BCUT2D eigenvalue weighted by molar-refractivity contribution is 5.94. The van der Waals surface area contributed by atoms with Crippen LogP contribution in [0.15, 0.2) is 0 Å². The first-order chi connectivity index (χ1) is 6.58. The van der Waals surface area contributed by atoms with Crippen LogP contribution in [0.4, 0.5) is 0 Å². The molecule has 3 heteroatoms. The quantitative estimate of drug-likeness (QED) is 0.515. The molecule has 1 saturated carbocycles. The van der Waals surface area contributed by atoms with Gasteiger partial charge in [0.25, 0.3) is 0 Å². The van der Waals surface area contributed by atoms with Gasteiger partial charge in [0, 0.05) is 0 Å². The van der Waals surface area contributed by atoms with Crippen LogP contribution >= 0.6 is 0 Å². The van der Waals surface area contributed by atoms with Crippen LogP contribution in [0.3, 0.4) is 0 Å². The number of Topliss-reactive ketones (excluding diaryl/α,β-unsaturated/α-hetero) is 1. The van der Waals surface area contributed by atoms with Gasteiger partial charge in [-0.2, -0.15) is 0 Å². The minimum Gasteiger partial charge on any atom is -0.462 e. The van der Waals surface area contributed by atoms with Gasteiger partial charge in [0.1, 0.15) is 18.3 Å². The van der Waals surface area contributed by atoms with E-state index >= 15 is 0 Å². The summed E-state index contributed by atoms with van der Waals surface area (Å²) in [6, 6.07) is 0. The number of rotatable bonds is 3. The SMILES string of the molecule is CC(=O)CC(=O)OC1CCCC(C)C1. The maximum Gasteiger partial charge on any atom is 0.313 e. The summed E-state index contributed by atoms with van der Waals surface area (Å²) in [4.78, 5) is 21.8. The van der Waals surface area contributed by atoms with Crippen molar-refractivity contribution in [2.24, 2.45) is 5.92 Å². The minimum absolute atomic E-state index is 0.0469. The van der Waals surface area contributed by atoms with E-state index in [0.717, 1.165) is 19.3 Å². The molecule has 0 bridgehead atoms. The predicted molar refractivity (Wildman–Crippen MR) is 52.8 cm³/mol. The van der Waals surface area contributed by atoms with E-state index in [1.165, 1.54) is 13.3 Å². The molecule has 1 fully saturated rings. The molecule has 0 heterocycles. The molecule has 3 nitrogen and oxygen atoms in total. The Hall–Kier alpha value is -0.860. The Morgan fingerprint density at radius 3 is 2.64 bits per heavy atom. The smallest absolute Gasteiger partial charge is 0.313 e. The van der Waals surface area contributed by atoms with Crippen molar-refractivity contribution in [1.29, 1.82) is 0 Å². The van der Waals surface area contributed by atoms with Gasteiger partial charge >= 0.3 is 5.97 Å². The summed E-state index contributed by atoms with van der Waals surface area (Å²) in [5.41, 5.74) is 0. The fourth-order valence-electron chi connectivity index (χ4n) is 1.92. The van der Waals surface area contributed by atoms with Crippen LogP contribution < -0.4 is 0 Å². The van der Waals surface area contributed by atoms with Crippen molar-refractivity contribution >= 4 is 11.8 Å². The van der Waals surface area contributed by atoms with Crippen LogP contribution in [0.2, 0.25) is 0 Å². The van der Waals surface area contributed by atoms with Crippen molar-refractivity contribution in [2.45, 2.75) is 52.1 Å². The lowest BCUT2D eigenvalue weighted by atomic mass is 9.89. The third kappa shape index (κ3) is 3.90. The van der Waals surface area contributed by atoms with E-state index in [4.69, 9.17) is 4.74 Å². The van der Waals surface area contributed by atoms with Crippen molar-refractivity contribution in [3.63, 3.8) is 0 Å². The number of ketones is 1. The Morgan fingerprint density at radius 2 is 2.07 bits per heavy atom. The van der Waals surface area contributed by atoms with Crippen molar-refractivity contribution in [3.05, 3.63) is 0 Å². The zero-order valence-electron chi connectivity index (χ0n) is 8.91. The van der Waals surface area contributed by atoms with E-state index in [0.29, 0.717) is 5.92 Å². The van der Waals surface area contributed by atoms with Crippen LogP contribution in [0.1, 0.15) is 46.0 Å². The lowest BCUT2D eigenvalue weighted by Gasteiger charge is -2.26. The van der Waals surface area contributed by atoms with E-state index in [2.05, 4.69) is 6.92 Å². The van der Waals surface area contributed by atoms with Gasteiger partial charge in [-0.15, -0.1) is 0 Å². The topological polar surface area (TPSA) is 43.4 Å². The number of hydrogen-bond donors (Lipinski definition) is 0. The summed E-state index contributed by atoms with van der Waals surface area (Å²) in [7, 11) is 0. The predicted octanol–water partition coefficient (Wildman–Crippen LogP) is 2.09. The van der Waals surface area contributed by atoms with Gasteiger partial charge in [-0.25, -0.2) is 0 Å². The van der Waals surface area contributed by atoms with Crippen molar-refractivity contribution in [2.75, 3.05) is 0 Å². The monoisotopic (exact) mass is 198 g/mol. The minimum atomic E-state index is -0.364. The number of ether oxygens (including phenoxy) is 1. The van der Waals surface area contributed by atoms with Crippen molar-refractivity contribution in [3.8, 4) is 0 Å². The molecule has 1 aliphatic carbocycles. The van der Waals surface area contributed by atoms with Gasteiger partial charge in [-0.05, 0) is 32.1 Å². The van der Waals surface area contributed by atoms with Crippen LogP contribution in [0, 0.1) is 5.92 Å². The standard InChI is InChI=1S/C11H18O3/c1-8-4-3-5-10(6-8)14-11(13)7-9(2)12/h8,10H,3-7H2,1-2H3. The second-order valence-corrected chi connectivity index (χ2v) is 4.26. The van der Waals surface area contributed by atoms with Crippen molar-refractivity contribution in [1.82, 2.24) is 0 Å².